The second kappa shape index (κ2) is 7.51. The lowest BCUT2D eigenvalue weighted by Crippen LogP contribution is -2.45. The predicted octanol–water partition coefficient (Wildman–Crippen LogP) is 3.94. The molecule has 5 heteroatoms. The summed E-state index contributed by atoms with van der Waals surface area (Å²) in [6, 6.07) is 2.45. The van der Waals surface area contributed by atoms with Gasteiger partial charge in [0.15, 0.2) is 0 Å². The van der Waals surface area contributed by atoms with Crippen LogP contribution in [-0.4, -0.2) is 33.6 Å². The van der Waals surface area contributed by atoms with E-state index in [1.165, 1.54) is 45.1 Å². The van der Waals surface area contributed by atoms with Gasteiger partial charge in [0, 0.05) is 37.4 Å². The van der Waals surface area contributed by atoms with Gasteiger partial charge in [0.1, 0.15) is 0 Å². The first-order valence-corrected chi connectivity index (χ1v) is 10.7. The van der Waals surface area contributed by atoms with E-state index in [0.717, 1.165) is 42.5 Å². The van der Waals surface area contributed by atoms with E-state index < -0.39 is 5.91 Å². The Kier molecular flexibility index (Phi) is 5.26. The molecule has 0 saturated heterocycles. The van der Waals surface area contributed by atoms with Crippen molar-refractivity contribution >= 4 is 5.91 Å². The molecular weight excluding hydrogens is 338 g/mol. The van der Waals surface area contributed by atoms with Gasteiger partial charge in [-0.1, -0.05) is 20.3 Å². The van der Waals surface area contributed by atoms with Crippen molar-refractivity contribution in [1.82, 2.24) is 15.4 Å². The van der Waals surface area contributed by atoms with Crippen LogP contribution < -0.4 is 5.48 Å². The van der Waals surface area contributed by atoms with Crippen LogP contribution in [0.1, 0.15) is 80.4 Å². The summed E-state index contributed by atoms with van der Waals surface area (Å²) in [6.07, 6.45) is 12.1. The van der Waals surface area contributed by atoms with Gasteiger partial charge in [-0.3, -0.25) is 19.9 Å². The summed E-state index contributed by atoms with van der Waals surface area (Å²) in [5.74, 6) is 1.26. The molecule has 1 aliphatic heterocycles. The standard InChI is InChI=1S/C22H33N3O2/c1-3-19-9-20-18(8-17(12-23-20)21(26)24-27)14-25(19)13-15-5-4-6-22(2)10-16(7-15)11-22/h8,12,15-16,19,27H,3-7,9-11,13-14H2,1-2H3,(H,24,26)/t15?,16?,19-,22?/m0/s1. The van der Waals surface area contributed by atoms with Gasteiger partial charge < -0.3 is 0 Å². The average molecular weight is 372 g/mol. The molecule has 148 valence electrons. The Balaban J connectivity index is 1.46. The fraction of sp³-hybridized carbons (Fsp3) is 0.727. The van der Waals surface area contributed by atoms with Crippen LogP contribution >= 0.6 is 0 Å². The molecule has 1 aromatic heterocycles. The van der Waals surface area contributed by atoms with Gasteiger partial charge >= 0.3 is 0 Å². The zero-order valence-corrected chi connectivity index (χ0v) is 16.7. The molecule has 27 heavy (non-hydrogen) atoms. The Morgan fingerprint density at radius 2 is 2.26 bits per heavy atom. The number of aromatic nitrogens is 1. The zero-order chi connectivity index (χ0) is 19.0. The first-order chi connectivity index (χ1) is 13.0. The lowest BCUT2D eigenvalue weighted by atomic mass is 9.57. The Labute approximate surface area is 162 Å². The first kappa shape index (κ1) is 18.9. The van der Waals surface area contributed by atoms with Crippen LogP contribution in [0.15, 0.2) is 12.3 Å². The molecular formula is C22H33N3O2. The molecule has 1 amide bonds. The van der Waals surface area contributed by atoms with E-state index in [-0.39, 0.29) is 0 Å². The third kappa shape index (κ3) is 3.90. The molecule has 1 unspecified atom stereocenters. The van der Waals surface area contributed by atoms with Crippen molar-refractivity contribution in [1.29, 1.82) is 0 Å². The summed E-state index contributed by atoms with van der Waals surface area (Å²) in [6.45, 7) is 6.78. The Bertz CT molecular complexity index is 693. The minimum absolute atomic E-state index is 0.436. The molecule has 1 aromatic rings. The van der Waals surface area contributed by atoms with E-state index in [2.05, 4.69) is 23.7 Å². The van der Waals surface area contributed by atoms with Gasteiger partial charge in [0.05, 0.1) is 5.56 Å². The monoisotopic (exact) mass is 371 g/mol. The smallest absolute Gasteiger partial charge is 0.276 e. The van der Waals surface area contributed by atoms with E-state index >= 15 is 0 Å². The number of hydroxylamine groups is 1. The van der Waals surface area contributed by atoms with Gasteiger partial charge in [-0.15, -0.1) is 0 Å². The number of nitrogens with one attached hydrogen (secondary N) is 1. The first-order valence-electron chi connectivity index (χ1n) is 10.7. The molecule has 2 bridgehead atoms. The fourth-order valence-corrected chi connectivity index (χ4v) is 5.97. The van der Waals surface area contributed by atoms with Gasteiger partial charge in [0.25, 0.3) is 5.91 Å². The summed E-state index contributed by atoms with van der Waals surface area (Å²) in [5, 5.41) is 8.90. The van der Waals surface area contributed by atoms with E-state index in [1.54, 1.807) is 11.7 Å². The quantitative estimate of drug-likeness (QED) is 0.621. The molecule has 2 atom stereocenters. The van der Waals surface area contributed by atoms with Crippen molar-refractivity contribution in [2.24, 2.45) is 17.3 Å². The molecule has 2 heterocycles. The van der Waals surface area contributed by atoms with Crippen LogP contribution in [0.4, 0.5) is 0 Å². The van der Waals surface area contributed by atoms with Crippen molar-refractivity contribution in [2.75, 3.05) is 6.54 Å². The third-order valence-electron chi connectivity index (χ3n) is 7.33. The van der Waals surface area contributed by atoms with Gasteiger partial charge in [0.2, 0.25) is 0 Å². The van der Waals surface area contributed by atoms with E-state index in [0.29, 0.717) is 17.0 Å². The van der Waals surface area contributed by atoms with E-state index in [4.69, 9.17) is 5.21 Å². The maximum absolute atomic E-state index is 11.7. The molecule has 3 saturated carbocycles. The minimum atomic E-state index is -0.484. The molecule has 2 N–H and O–H groups in total. The fourth-order valence-electron chi connectivity index (χ4n) is 5.97. The molecule has 5 rings (SSSR count). The molecule has 3 aliphatic carbocycles. The van der Waals surface area contributed by atoms with Crippen LogP contribution in [0.3, 0.4) is 0 Å². The normalized spacial score (nSPS) is 33.4. The lowest BCUT2D eigenvalue weighted by Gasteiger charge is -2.50. The SMILES string of the molecule is CC[C@H]1Cc2ncc(C(=O)NO)cc2CN1CC1CCCC2(C)CC(C1)C2. The number of hydrogen-bond acceptors (Lipinski definition) is 4. The topological polar surface area (TPSA) is 65.5 Å². The van der Waals surface area contributed by atoms with Crippen molar-refractivity contribution in [3.63, 3.8) is 0 Å². The second-order valence-electron chi connectivity index (χ2n) is 9.55. The second-order valence-corrected chi connectivity index (χ2v) is 9.55. The molecule has 0 aromatic carbocycles. The lowest BCUT2D eigenvalue weighted by molar-refractivity contribution is 0.0146. The number of carbonyl (C=O) groups is 1. The van der Waals surface area contributed by atoms with Crippen LogP contribution in [0.25, 0.3) is 0 Å². The zero-order valence-electron chi connectivity index (χ0n) is 16.7. The van der Waals surface area contributed by atoms with Gasteiger partial charge in [-0.05, 0) is 67.4 Å². The number of fused-ring (bicyclic) bond motifs is 5. The van der Waals surface area contributed by atoms with Crippen molar-refractivity contribution in [3.05, 3.63) is 29.1 Å². The molecule has 3 fully saturated rings. The van der Waals surface area contributed by atoms with Gasteiger partial charge in [-0.2, -0.15) is 0 Å². The highest BCUT2D eigenvalue weighted by Crippen LogP contribution is 2.53. The summed E-state index contributed by atoms with van der Waals surface area (Å²) in [7, 11) is 0. The highest BCUT2D eigenvalue weighted by atomic mass is 16.5. The summed E-state index contributed by atoms with van der Waals surface area (Å²) in [5.41, 5.74) is 5.06. The number of carbonyl (C=O) groups excluding carboxylic acids is 1. The van der Waals surface area contributed by atoms with E-state index in [1.807, 2.05) is 6.07 Å². The number of hydrogen-bond donors (Lipinski definition) is 2. The number of amides is 1. The van der Waals surface area contributed by atoms with Crippen LogP contribution in [0.2, 0.25) is 0 Å². The van der Waals surface area contributed by atoms with Crippen molar-refractivity contribution in [2.45, 2.75) is 77.8 Å². The summed E-state index contributed by atoms with van der Waals surface area (Å²) < 4.78 is 0. The minimum Gasteiger partial charge on any atom is -0.295 e. The Morgan fingerprint density at radius 3 is 3.00 bits per heavy atom. The Hall–Kier alpha value is -1.46. The highest BCUT2D eigenvalue weighted by Gasteiger charge is 2.42. The van der Waals surface area contributed by atoms with E-state index in [9.17, 15) is 4.79 Å². The van der Waals surface area contributed by atoms with Crippen molar-refractivity contribution < 1.29 is 10.0 Å². The summed E-state index contributed by atoms with van der Waals surface area (Å²) in [4.78, 5) is 18.9. The maximum atomic E-state index is 11.7. The highest BCUT2D eigenvalue weighted by molar-refractivity contribution is 5.93. The van der Waals surface area contributed by atoms with Gasteiger partial charge in [-0.25, -0.2) is 5.48 Å². The maximum Gasteiger partial charge on any atom is 0.276 e. The summed E-state index contributed by atoms with van der Waals surface area (Å²) >= 11 is 0. The Morgan fingerprint density at radius 1 is 1.44 bits per heavy atom. The predicted molar refractivity (Wildman–Crippen MR) is 104 cm³/mol. The molecule has 0 radical (unpaired) electrons. The molecule has 0 spiro atoms. The van der Waals surface area contributed by atoms with Crippen LogP contribution in [-0.2, 0) is 13.0 Å². The molecule has 4 aliphatic rings. The number of rotatable bonds is 4. The average Bonchev–Trinajstić information content (AvgIpc) is 2.63. The van der Waals surface area contributed by atoms with Crippen LogP contribution in [0, 0.1) is 17.3 Å². The number of nitrogens with zero attached hydrogens (tertiary/aromatic N) is 2. The largest absolute Gasteiger partial charge is 0.295 e. The third-order valence-corrected chi connectivity index (χ3v) is 7.33. The van der Waals surface area contributed by atoms with Crippen LogP contribution in [0.5, 0.6) is 0 Å². The molecule has 5 nitrogen and oxygen atoms in total. The number of pyridine rings is 1. The van der Waals surface area contributed by atoms with Crippen molar-refractivity contribution in [3.8, 4) is 0 Å².